The number of nitro groups is 1. The monoisotopic (exact) mass is 233 g/mol. The molecule has 1 rings (SSSR count). The molecule has 17 heavy (non-hydrogen) atoms. The average Bonchev–Trinajstić information content (AvgIpc) is 2.27. The Hall–Kier alpha value is -2.09. The zero-order valence-corrected chi connectivity index (χ0v) is 10.2. The Balaban J connectivity index is 3.09. The van der Waals surface area contributed by atoms with Crippen LogP contribution in [0.25, 0.3) is 0 Å². The first kappa shape index (κ1) is 13.0. The third kappa shape index (κ3) is 3.18. The quantitative estimate of drug-likeness (QED) is 0.592. The van der Waals surface area contributed by atoms with Gasteiger partial charge in [0.15, 0.2) is 0 Å². The molecular formula is C12H15N3O2. The van der Waals surface area contributed by atoms with Gasteiger partial charge >= 0.3 is 0 Å². The average molecular weight is 233 g/mol. The highest BCUT2D eigenvalue weighted by Crippen LogP contribution is 2.24. The van der Waals surface area contributed by atoms with E-state index in [0.29, 0.717) is 11.5 Å². The number of rotatable bonds is 4. The van der Waals surface area contributed by atoms with Gasteiger partial charge < -0.3 is 4.90 Å². The SMILES string of the molecule is CC(C)CN(C)c1ccc([N+](=O)[O-])cc1C#N. The standard InChI is InChI=1S/C12H15N3O2/c1-9(2)8-14(3)12-5-4-11(15(16)17)6-10(12)7-13/h4-6,9H,8H2,1-3H3. The fourth-order valence-corrected chi connectivity index (χ4v) is 1.71. The molecule has 90 valence electrons. The number of benzene rings is 1. The number of nitriles is 1. The Labute approximate surface area is 100 Å². The summed E-state index contributed by atoms with van der Waals surface area (Å²) >= 11 is 0. The van der Waals surface area contributed by atoms with E-state index in [9.17, 15) is 10.1 Å². The molecule has 1 aromatic carbocycles. The van der Waals surface area contributed by atoms with Crippen LogP contribution in [0.2, 0.25) is 0 Å². The molecule has 0 saturated carbocycles. The molecule has 0 unspecified atom stereocenters. The lowest BCUT2D eigenvalue weighted by molar-refractivity contribution is -0.384. The Morgan fingerprint density at radius 2 is 2.18 bits per heavy atom. The largest absolute Gasteiger partial charge is 0.373 e. The summed E-state index contributed by atoms with van der Waals surface area (Å²) in [7, 11) is 1.88. The zero-order valence-electron chi connectivity index (χ0n) is 10.2. The van der Waals surface area contributed by atoms with Gasteiger partial charge in [-0.2, -0.15) is 5.26 Å². The lowest BCUT2D eigenvalue weighted by Crippen LogP contribution is -2.23. The predicted molar refractivity (Wildman–Crippen MR) is 65.9 cm³/mol. The van der Waals surface area contributed by atoms with Crippen molar-refractivity contribution in [2.75, 3.05) is 18.5 Å². The van der Waals surface area contributed by atoms with Gasteiger partial charge in [-0.05, 0) is 12.0 Å². The van der Waals surface area contributed by atoms with Crippen molar-refractivity contribution in [3.8, 4) is 6.07 Å². The smallest absolute Gasteiger partial charge is 0.270 e. The van der Waals surface area contributed by atoms with Crippen LogP contribution in [0.3, 0.4) is 0 Å². The Morgan fingerprint density at radius 1 is 1.53 bits per heavy atom. The van der Waals surface area contributed by atoms with Crippen LogP contribution in [0.5, 0.6) is 0 Å². The second kappa shape index (κ2) is 5.30. The minimum Gasteiger partial charge on any atom is -0.373 e. The van der Waals surface area contributed by atoms with Crippen molar-refractivity contribution in [3.63, 3.8) is 0 Å². The molecule has 0 atom stereocenters. The van der Waals surface area contributed by atoms with E-state index in [1.807, 2.05) is 18.0 Å². The maximum absolute atomic E-state index is 10.6. The van der Waals surface area contributed by atoms with Crippen LogP contribution in [-0.4, -0.2) is 18.5 Å². The summed E-state index contributed by atoms with van der Waals surface area (Å²) in [5.74, 6) is 0.460. The van der Waals surface area contributed by atoms with Gasteiger partial charge in [0, 0.05) is 25.7 Å². The first-order valence-corrected chi connectivity index (χ1v) is 5.35. The van der Waals surface area contributed by atoms with Crippen LogP contribution in [0, 0.1) is 27.4 Å². The summed E-state index contributed by atoms with van der Waals surface area (Å²) in [6, 6.07) is 6.36. The van der Waals surface area contributed by atoms with E-state index >= 15 is 0 Å². The van der Waals surface area contributed by atoms with E-state index in [4.69, 9.17) is 5.26 Å². The molecule has 0 fully saturated rings. The molecular weight excluding hydrogens is 218 g/mol. The third-order valence-corrected chi connectivity index (χ3v) is 2.36. The van der Waals surface area contributed by atoms with Gasteiger partial charge in [-0.15, -0.1) is 0 Å². The fraction of sp³-hybridized carbons (Fsp3) is 0.417. The van der Waals surface area contributed by atoms with Crippen molar-refractivity contribution in [1.82, 2.24) is 0 Å². The molecule has 5 nitrogen and oxygen atoms in total. The molecule has 0 aliphatic rings. The Kier molecular flexibility index (Phi) is 4.05. The van der Waals surface area contributed by atoms with E-state index in [0.717, 1.165) is 12.2 Å². The molecule has 0 radical (unpaired) electrons. The summed E-state index contributed by atoms with van der Waals surface area (Å²) < 4.78 is 0. The molecule has 0 bridgehead atoms. The van der Waals surface area contributed by atoms with Crippen molar-refractivity contribution in [1.29, 1.82) is 5.26 Å². The lowest BCUT2D eigenvalue weighted by atomic mass is 10.1. The van der Waals surface area contributed by atoms with Crippen LogP contribution in [0.15, 0.2) is 18.2 Å². The van der Waals surface area contributed by atoms with Gasteiger partial charge in [0.2, 0.25) is 0 Å². The molecule has 0 aliphatic carbocycles. The van der Waals surface area contributed by atoms with E-state index in [1.165, 1.54) is 12.1 Å². The zero-order chi connectivity index (χ0) is 13.0. The van der Waals surface area contributed by atoms with Crippen LogP contribution in [0.4, 0.5) is 11.4 Å². The molecule has 0 spiro atoms. The molecule has 0 heterocycles. The normalized spacial score (nSPS) is 10.1. The van der Waals surface area contributed by atoms with Crippen LogP contribution >= 0.6 is 0 Å². The second-order valence-corrected chi connectivity index (χ2v) is 4.34. The van der Waals surface area contributed by atoms with Crippen LogP contribution in [0.1, 0.15) is 19.4 Å². The van der Waals surface area contributed by atoms with Gasteiger partial charge in [-0.3, -0.25) is 10.1 Å². The van der Waals surface area contributed by atoms with Crippen molar-refractivity contribution in [2.45, 2.75) is 13.8 Å². The summed E-state index contributed by atoms with van der Waals surface area (Å²) in [6.45, 7) is 4.95. The van der Waals surface area contributed by atoms with Crippen LogP contribution < -0.4 is 4.90 Å². The molecule has 0 saturated heterocycles. The van der Waals surface area contributed by atoms with Crippen molar-refractivity contribution in [3.05, 3.63) is 33.9 Å². The van der Waals surface area contributed by atoms with Gasteiger partial charge in [0.1, 0.15) is 6.07 Å². The first-order valence-electron chi connectivity index (χ1n) is 5.35. The van der Waals surface area contributed by atoms with E-state index in [-0.39, 0.29) is 5.69 Å². The maximum Gasteiger partial charge on any atom is 0.270 e. The van der Waals surface area contributed by atoms with Crippen molar-refractivity contribution < 1.29 is 4.92 Å². The highest BCUT2D eigenvalue weighted by molar-refractivity contribution is 5.62. The predicted octanol–water partition coefficient (Wildman–Crippen LogP) is 2.56. The Bertz CT molecular complexity index is 463. The van der Waals surface area contributed by atoms with E-state index in [1.54, 1.807) is 6.07 Å². The topological polar surface area (TPSA) is 70.2 Å². The minimum atomic E-state index is -0.493. The van der Waals surface area contributed by atoms with Crippen LogP contribution in [-0.2, 0) is 0 Å². The molecule has 0 aromatic heterocycles. The van der Waals surface area contributed by atoms with E-state index in [2.05, 4.69) is 13.8 Å². The number of non-ortho nitro benzene ring substituents is 1. The lowest BCUT2D eigenvalue weighted by Gasteiger charge is -2.22. The Morgan fingerprint density at radius 3 is 2.65 bits per heavy atom. The van der Waals surface area contributed by atoms with Gasteiger partial charge in [-0.1, -0.05) is 13.8 Å². The summed E-state index contributed by atoms with van der Waals surface area (Å²) in [4.78, 5) is 12.1. The number of nitrogens with zero attached hydrogens (tertiary/aromatic N) is 3. The maximum atomic E-state index is 10.6. The molecule has 0 N–H and O–H groups in total. The number of anilines is 1. The van der Waals surface area contributed by atoms with Crippen molar-refractivity contribution >= 4 is 11.4 Å². The molecule has 1 aromatic rings. The van der Waals surface area contributed by atoms with Gasteiger partial charge in [-0.25, -0.2) is 0 Å². The molecule has 0 aliphatic heterocycles. The fourth-order valence-electron chi connectivity index (χ4n) is 1.71. The number of hydrogen-bond donors (Lipinski definition) is 0. The highest BCUT2D eigenvalue weighted by Gasteiger charge is 2.13. The van der Waals surface area contributed by atoms with Gasteiger partial charge in [0.25, 0.3) is 5.69 Å². The third-order valence-electron chi connectivity index (χ3n) is 2.36. The first-order chi connectivity index (χ1) is 7.95. The number of hydrogen-bond acceptors (Lipinski definition) is 4. The number of nitro benzene ring substituents is 1. The summed E-state index contributed by atoms with van der Waals surface area (Å²) in [5.41, 5.74) is 1.01. The molecule has 5 heteroatoms. The van der Waals surface area contributed by atoms with Crippen molar-refractivity contribution in [2.24, 2.45) is 5.92 Å². The highest BCUT2D eigenvalue weighted by atomic mass is 16.6. The summed E-state index contributed by atoms with van der Waals surface area (Å²) in [6.07, 6.45) is 0. The minimum absolute atomic E-state index is 0.0525. The van der Waals surface area contributed by atoms with E-state index < -0.39 is 4.92 Å². The second-order valence-electron chi connectivity index (χ2n) is 4.34. The van der Waals surface area contributed by atoms with Gasteiger partial charge in [0.05, 0.1) is 16.2 Å². The summed E-state index contributed by atoms with van der Waals surface area (Å²) in [5, 5.41) is 19.6. The molecule has 0 amide bonds.